The van der Waals surface area contributed by atoms with Gasteiger partial charge in [0.1, 0.15) is 17.3 Å². The Labute approximate surface area is 236 Å². The van der Waals surface area contributed by atoms with Crippen LogP contribution in [0.5, 0.6) is 17.5 Å². The summed E-state index contributed by atoms with van der Waals surface area (Å²) < 4.78 is 32.5. The lowest BCUT2D eigenvalue weighted by Gasteiger charge is -2.11. The highest BCUT2D eigenvalue weighted by molar-refractivity contribution is 5.99. The number of aromatic nitrogens is 3. The van der Waals surface area contributed by atoms with Crippen LogP contribution < -0.4 is 24.8 Å². The van der Waals surface area contributed by atoms with Gasteiger partial charge in [-0.15, -0.1) is 5.10 Å². The lowest BCUT2D eigenvalue weighted by Crippen LogP contribution is -2.19. The number of hydrogen-bond donors (Lipinski definition) is 2. The van der Waals surface area contributed by atoms with Gasteiger partial charge < -0.3 is 24.8 Å². The first-order chi connectivity index (χ1) is 20.0. The topological polar surface area (TPSA) is 99.5 Å². The van der Waals surface area contributed by atoms with Crippen LogP contribution in [0.4, 0.5) is 20.6 Å². The van der Waals surface area contributed by atoms with Crippen molar-refractivity contribution in [3.8, 4) is 34.6 Å². The van der Waals surface area contributed by atoms with Crippen molar-refractivity contribution in [2.24, 2.45) is 0 Å². The fourth-order valence-electron chi connectivity index (χ4n) is 4.09. The zero-order valence-electron chi connectivity index (χ0n) is 22.5. The summed E-state index contributed by atoms with van der Waals surface area (Å²) in [6.07, 6.45) is 0.621. The van der Waals surface area contributed by atoms with E-state index in [0.717, 1.165) is 11.3 Å². The summed E-state index contributed by atoms with van der Waals surface area (Å²) in [4.78, 5) is 17.1. The Bertz CT molecular complexity index is 1620. The lowest BCUT2D eigenvalue weighted by molar-refractivity contribution is 0.262. The number of nitrogens with one attached hydrogen (secondary N) is 2. The third kappa shape index (κ3) is 6.80. The molecule has 2 amide bonds. The maximum atomic E-state index is 14.8. The fourth-order valence-corrected chi connectivity index (χ4v) is 4.09. The maximum absolute atomic E-state index is 14.8. The first-order valence-electron chi connectivity index (χ1n) is 12.8. The number of amides is 2. The normalized spacial score (nSPS) is 10.6. The maximum Gasteiger partial charge on any atom is 0.336 e. The van der Waals surface area contributed by atoms with Gasteiger partial charge in [0.05, 0.1) is 32.1 Å². The number of methoxy groups -OCH3 is 2. The molecule has 10 heteroatoms. The van der Waals surface area contributed by atoms with E-state index < -0.39 is 11.8 Å². The average molecular weight is 554 g/mol. The molecule has 1 aromatic heterocycles. The van der Waals surface area contributed by atoms with Crippen LogP contribution >= 0.6 is 0 Å². The molecular formula is C31H28FN5O4. The summed E-state index contributed by atoms with van der Waals surface area (Å²) in [5, 5.41) is 10.1. The minimum absolute atomic E-state index is 0.104. The summed E-state index contributed by atoms with van der Waals surface area (Å²) >= 11 is 0. The van der Waals surface area contributed by atoms with E-state index in [1.807, 2.05) is 24.3 Å². The summed E-state index contributed by atoms with van der Waals surface area (Å²) in [6, 6.07) is 27.7. The van der Waals surface area contributed by atoms with Crippen molar-refractivity contribution < 1.29 is 23.4 Å². The van der Waals surface area contributed by atoms with Gasteiger partial charge in [-0.05, 0) is 72.3 Å². The number of hydrogen-bond acceptors (Lipinski definition) is 6. The van der Waals surface area contributed by atoms with Crippen LogP contribution in [0.1, 0.15) is 5.56 Å². The van der Waals surface area contributed by atoms with Gasteiger partial charge in [-0.2, -0.15) is 4.98 Å². The number of ether oxygens (including phenoxy) is 3. The van der Waals surface area contributed by atoms with Crippen molar-refractivity contribution in [2.75, 3.05) is 31.5 Å². The highest BCUT2D eigenvalue weighted by Crippen LogP contribution is 2.27. The number of carbonyl (C=O) groups is 1. The molecular weight excluding hydrogens is 525 g/mol. The molecule has 0 aliphatic heterocycles. The lowest BCUT2D eigenvalue weighted by atomic mass is 10.1. The molecule has 2 N–H and O–H groups in total. The van der Waals surface area contributed by atoms with Crippen LogP contribution in [-0.4, -0.2) is 41.6 Å². The average Bonchev–Trinajstić information content (AvgIpc) is 3.42. The van der Waals surface area contributed by atoms with E-state index in [0.29, 0.717) is 35.8 Å². The van der Waals surface area contributed by atoms with Gasteiger partial charge in [0, 0.05) is 17.8 Å². The SMILES string of the molecule is COc1ccc(CCOc2nc(-c3ccccc3F)n(-c3cccc(NC(=O)Nc4ccc(OC)cc4)c3)n2)cc1. The molecule has 0 aliphatic rings. The summed E-state index contributed by atoms with van der Waals surface area (Å²) in [5.41, 5.74) is 2.99. The van der Waals surface area contributed by atoms with Gasteiger partial charge in [-0.25, -0.2) is 13.9 Å². The van der Waals surface area contributed by atoms with Gasteiger partial charge in [-0.3, -0.25) is 0 Å². The minimum atomic E-state index is -0.445. The fraction of sp³-hybridized carbons (Fsp3) is 0.129. The Morgan fingerprint density at radius 3 is 2.22 bits per heavy atom. The van der Waals surface area contributed by atoms with E-state index >= 15 is 0 Å². The first-order valence-corrected chi connectivity index (χ1v) is 12.8. The number of anilines is 2. The summed E-state index contributed by atoms with van der Waals surface area (Å²) in [5.74, 6) is 1.28. The van der Waals surface area contributed by atoms with Gasteiger partial charge in [-0.1, -0.05) is 30.3 Å². The van der Waals surface area contributed by atoms with Crippen molar-refractivity contribution in [1.29, 1.82) is 0 Å². The number of carbonyl (C=O) groups excluding carboxylic acids is 1. The van der Waals surface area contributed by atoms with Gasteiger partial charge >= 0.3 is 12.0 Å². The molecule has 1 heterocycles. The summed E-state index contributed by atoms with van der Waals surface area (Å²) in [6.45, 7) is 0.320. The van der Waals surface area contributed by atoms with Gasteiger partial charge in [0.25, 0.3) is 0 Å². The molecule has 0 bridgehead atoms. The molecule has 0 fully saturated rings. The van der Waals surface area contributed by atoms with Crippen molar-refractivity contribution in [2.45, 2.75) is 6.42 Å². The molecule has 5 rings (SSSR count). The number of halogens is 1. The van der Waals surface area contributed by atoms with Crippen LogP contribution in [0.15, 0.2) is 97.1 Å². The largest absolute Gasteiger partial charge is 0.497 e. The number of nitrogens with zero attached hydrogens (tertiary/aromatic N) is 3. The highest BCUT2D eigenvalue weighted by atomic mass is 19.1. The van der Waals surface area contributed by atoms with E-state index in [-0.39, 0.29) is 17.4 Å². The monoisotopic (exact) mass is 553 g/mol. The standard InChI is InChI=1S/C31H28FN5O4/c1-39-25-14-10-21(11-15-25)18-19-41-31-35-29(27-8-3-4-9-28(27)32)37(36-31)24-7-5-6-23(20-24)34-30(38)33-22-12-16-26(40-2)17-13-22/h3-17,20H,18-19H2,1-2H3,(H2,33,34,38). The number of urea groups is 1. The Hall–Kier alpha value is -5.38. The second-order valence-corrected chi connectivity index (χ2v) is 8.91. The summed E-state index contributed by atoms with van der Waals surface area (Å²) in [7, 11) is 3.20. The van der Waals surface area contributed by atoms with Crippen molar-refractivity contribution in [1.82, 2.24) is 14.8 Å². The Morgan fingerprint density at radius 2 is 1.51 bits per heavy atom. The molecule has 0 atom stereocenters. The quantitative estimate of drug-likeness (QED) is 0.209. The van der Waals surface area contributed by atoms with E-state index in [1.165, 1.54) is 10.7 Å². The Morgan fingerprint density at radius 1 is 0.829 bits per heavy atom. The predicted molar refractivity (Wildman–Crippen MR) is 155 cm³/mol. The van der Waals surface area contributed by atoms with E-state index in [4.69, 9.17) is 14.2 Å². The molecule has 4 aromatic carbocycles. The van der Waals surface area contributed by atoms with E-state index in [9.17, 15) is 9.18 Å². The van der Waals surface area contributed by atoms with Gasteiger partial charge in [0.15, 0.2) is 5.82 Å². The van der Waals surface area contributed by atoms with Crippen molar-refractivity contribution in [3.05, 3.63) is 108 Å². The van der Waals surface area contributed by atoms with E-state index in [2.05, 4.69) is 20.7 Å². The molecule has 9 nitrogen and oxygen atoms in total. The third-order valence-corrected chi connectivity index (χ3v) is 6.18. The van der Waals surface area contributed by atoms with Gasteiger partial charge in [0.2, 0.25) is 0 Å². The van der Waals surface area contributed by atoms with Crippen LogP contribution in [0.25, 0.3) is 17.1 Å². The van der Waals surface area contributed by atoms with Crippen molar-refractivity contribution >= 4 is 17.4 Å². The van der Waals surface area contributed by atoms with Crippen molar-refractivity contribution in [3.63, 3.8) is 0 Å². The second-order valence-electron chi connectivity index (χ2n) is 8.91. The van der Waals surface area contributed by atoms with Crippen LogP contribution in [0, 0.1) is 5.82 Å². The predicted octanol–water partition coefficient (Wildman–Crippen LogP) is 6.36. The minimum Gasteiger partial charge on any atom is -0.497 e. The zero-order chi connectivity index (χ0) is 28.6. The molecule has 0 spiro atoms. The zero-order valence-corrected chi connectivity index (χ0v) is 22.5. The number of benzene rings is 4. The van der Waals surface area contributed by atoms with Crippen LogP contribution in [0.2, 0.25) is 0 Å². The smallest absolute Gasteiger partial charge is 0.336 e. The highest BCUT2D eigenvalue weighted by Gasteiger charge is 2.18. The molecule has 5 aromatic rings. The molecule has 0 radical (unpaired) electrons. The molecule has 0 unspecified atom stereocenters. The van der Waals surface area contributed by atoms with E-state index in [1.54, 1.807) is 80.9 Å². The number of rotatable bonds is 10. The molecule has 0 saturated carbocycles. The van der Waals surface area contributed by atoms with Crippen LogP contribution in [-0.2, 0) is 6.42 Å². The molecule has 0 aliphatic carbocycles. The molecule has 41 heavy (non-hydrogen) atoms. The molecule has 0 saturated heterocycles. The first kappa shape index (κ1) is 27.2. The third-order valence-electron chi connectivity index (χ3n) is 6.18. The Balaban J connectivity index is 1.35. The second kappa shape index (κ2) is 12.6. The Kier molecular flexibility index (Phi) is 8.39. The molecule has 208 valence electrons. The van der Waals surface area contributed by atoms with Crippen LogP contribution in [0.3, 0.4) is 0 Å².